The molecule has 1 unspecified atom stereocenters. The summed E-state index contributed by atoms with van der Waals surface area (Å²) in [5.41, 5.74) is 1.18. The number of nitrogens with one attached hydrogen (secondary N) is 1. The van der Waals surface area contributed by atoms with Crippen molar-refractivity contribution in [3.8, 4) is 0 Å². The fourth-order valence-electron chi connectivity index (χ4n) is 2.42. The van der Waals surface area contributed by atoms with E-state index < -0.39 is 0 Å². The summed E-state index contributed by atoms with van der Waals surface area (Å²) < 4.78 is 13.1. The van der Waals surface area contributed by atoms with Gasteiger partial charge in [-0.15, -0.1) is 11.3 Å². The van der Waals surface area contributed by atoms with Gasteiger partial charge in [0.1, 0.15) is 5.82 Å². The van der Waals surface area contributed by atoms with Gasteiger partial charge in [0.25, 0.3) is 0 Å². The number of halogens is 1. The molecule has 0 bridgehead atoms. The molecule has 0 aliphatic rings. The van der Waals surface area contributed by atoms with Crippen LogP contribution in [0.4, 0.5) is 4.39 Å². The van der Waals surface area contributed by atoms with Gasteiger partial charge < -0.3 is 5.32 Å². The van der Waals surface area contributed by atoms with Crippen LogP contribution in [0, 0.1) is 5.82 Å². The summed E-state index contributed by atoms with van der Waals surface area (Å²) in [6, 6.07) is 11.6. The normalized spacial score (nSPS) is 12.5. The monoisotopic (exact) mass is 305 g/mol. The maximum absolute atomic E-state index is 13.1. The van der Waals surface area contributed by atoms with Crippen LogP contribution in [0.1, 0.15) is 54.5 Å². The number of hydrogen-bond donors (Lipinski definition) is 1. The van der Waals surface area contributed by atoms with Crippen LogP contribution >= 0.6 is 11.3 Å². The second kappa shape index (κ2) is 8.30. The highest BCUT2D eigenvalue weighted by Gasteiger charge is 2.11. The van der Waals surface area contributed by atoms with E-state index in [1.165, 1.54) is 28.2 Å². The molecule has 1 N–H and O–H groups in total. The standard InChI is InChI=1S/C18H24FNS/c1-3-5-6-18(14-7-9-15(19)10-8-14)20-13-17-12-11-16(4-2)21-17/h7-12,18,20H,3-6,13H2,1-2H3. The molecule has 0 saturated heterocycles. The van der Waals surface area contributed by atoms with Gasteiger partial charge in [0, 0.05) is 22.3 Å². The Kier molecular flexibility index (Phi) is 6.40. The minimum atomic E-state index is -0.168. The topological polar surface area (TPSA) is 12.0 Å². The molecular formula is C18H24FNS. The largest absolute Gasteiger partial charge is 0.305 e. The number of hydrogen-bond acceptors (Lipinski definition) is 2. The van der Waals surface area contributed by atoms with Gasteiger partial charge in [-0.05, 0) is 42.7 Å². The van der Waals surface area contributed by atoms with E-state index >= 15 is 0 Å². The van der Waals surface area contributed by atoms with Gasteiger partial charge in [-0.25, -0.2) is 4.39 Å². The lowest BCUT2D eigenvalue weighted by Gasteiger charge is -2.18. The second-order valence-electron chi connectivity index (χ2n) is 5.35. The smallest absolute Gasteiger partial charge is 0.123 e. The molecule has 0 spiro atoms. The summed E-state index contributed by atoms with van der Waals surface area (Å²) in [5.74, 6) is -0.168. The Labute approximate surface area is 131 Å². The Hall–Kier alpha value is -1.19. The van der Waals surface area contributed by atoms with Gasteiger partial charge in [-0.1, -0.05) is 38.8 Å². The van der Waals surface area contributed by atoms with Gasteiger partial charge in [0.15, 0.2) is 0 Å². The summed E-state index contributed by atoms with van der Waals surface area (Å²) in [6.07, 6.45) is 4.55. The molecule has 3 heteroatoms. The minimum absolute atomic E-state index is 0.168. The molecule has 0 amide bonds. The highest BCUT2D eigenvalue weighted by molar-refractivity contribution is 7.11. The molecular weight excluding hydrogens is 281 g/mol. The molecule has 2 aromatic rings. The van der Waals surface area contributed by atoms with E-state index in [-0.39, 0.29) is 5.82 Å². The summed E-state index contributed by atoms with van der Waals surface area (Å²) in [4.78, 5) is 2.80. The van der Waals surface area contributed by atoms with Gasteiger partial charge in [0.05, 0.1) is 0 Å². The van der Waals surface area contributed by atoms with Crippen molar-refractivity contribution in [1.82, 2.24) is 5.32 Å². The predicted octanol–water partition coefficient (Wildman–Crippen LogP) is 5.47. The zero-order valence-electron chi connectivity index (χ0n) is 12.9. The molecule has 0 aliphatic heterocycles. The highest BCUT2D eigenvalue weighted by Crippen LogP contribution is 2.22. The molecule has 1 aromatic heterocycles. The average Bonchev–Trinajstić information content (AvgIpc) is 2.97. The molecule has 0 fully saturated rings. The number of thiophene rings is 1. The Bertz CT molecular complexity index is 532. The lowest BCUT2D eigenvalue weighted by atomic mass is 10.0. The molecule has 0 aliphatic carbocycles. The van der Waals surface area contributed by atoms with E-state index in [0.717, 1.165) is 19.4 Å². The van der Waals surface area contributed by atoms with Crippen LogP contribution in [0.2, 0.25) is 0 Å². The molecule has 1 atom stereocenters. The van der Waals surface area contributed by atoms with Crippen LogP contribution in [0.15, 0.2) is 36.4 Å². The quantitative estimate of drug-likeness (QED) is 0.682. The van der Waals surface area contributed by atoms with Crippen LogP contribution in [-0.2, 0) is 13.0 Å². The summed E-state index contributed by atoms with van der Waals surface area (Å²) in [7, 11) is 0. The molecule has 0 radical (unpaired) electrons. The fraction of sp³-hybridized carbons (Fsp3) is 0.444. The van der Waals surface area contributed by atoms with Crippen molar-refractivity contribution in [2.75, 3.05) is 0 Å². The Morgan fingerprint density at radius 3 is 2.38 bits per heavy atom. The van der Waals surface area contributed by atoms with Crippen molar-refractivity contribution in [2.45, 2.75) is 52.1 Å². The average molecular weight is 305 g/mol. The maximum Gasteiger partial charge on any atom is 0.123 e. The lowest BCUT2D eigenvalue weighted by molar-refractivity contribution is 0.482. The summed E-state index contributed by atoms with van der Waals surface area (Å²) >= 11 is 1.87. The molecule has 1 nitrogen and oxygen atoms in total. The van der Waals surface area contributed by atoms with Crippen LogP contribution in [-0.4, -0.2) is 0 Å². The van der Waals surface area contributed by atoms with Crippen molar-refractivity contribution >= 4 is 11.3 Å². The number of aryl methyl sites for hydroxylation is 1. The van der Waals surface area contributed by atoms with E-state index in [0.29, 0.717) is 6.04 Å². The zero-order chi connectivity index (χ0) is 15.1. The predicted molar refractivity (Wildman–Crippen MR) is 89.2 cm³/mol. The first-order chi connectivity index (χ1) is 10.2. The van der Waals surface area contributed by atoms with Crippen molar-refractivity contribution in [2.24, 2.45) is 0 Å². The van der Waals surface area contributed by atoms with Crippen molar-refractivity contribution in [3.63, 3.8) is 0 Å². The molecule has 1 heterocycles. The van der Waals surface area contributed by atoms with Crippen molar-refractivity contribution in [1.29, 1.82) is 0 Å². The third-order valence-corrected chi connectivity index (χ3v) is 4.94. The zero-order valence-corrected chi connectivity index (χ0v) is 13.7. The third kappa shape index (κ3) is 4.94. The summed E-state index contributed by atoms with van der Waals surface area (Å²) in [5, 5.41) is 3.63. The van der Waals surface area contributed by atoms with E-state index in [1.54, 1.807) is 12.1 Å². The Balaban J connectivity index is 2.00. The van der Waals surface area contributed by atoms with Crippen molar-refractivity contribution in [3.05, 3.63) is 57.5 Å². The molecule has 114 valence electrons. The number of unbranched alkanes of at least 4 members (excludes halogenated alkanes) is 1. The van der Waals surface area contributed by atoms with Gasteiger partial charge >= 0.3 is 0 Å². The number of rotatable bonds is 8. The van der Waals surface area contributed by atoms with Gasteiger partial charge in [-0.2, -0.15) is 0 Å². The van der Waals surface area contributed by atoms with Crippen LogP contribution in [0.25, 0.3) is 0 Å². The molecule has 21 heavy (non-hydrogen) atoms. The van der Waals surface area contributed by atoms with Crippen LogP contribution in [0.5, 0.6) is 0 Å². The fourth-order valence-corrected chi connectivity index (χ4v) is 3.33. The van der Waals surface area contributed by atoms with Crippen molar-refractivity contribution < 1.29 is 4.39 Å². The van der Waals surface area contributed by atoms with Gasteiger partial charge in [0.2, 0.25) is 0 Å². The summed E-state index contributed by atoms with van der Waals surface area (Å²) in [6.45, 7) is 5.27. The van der Waals surface area contributed by atoms with E-state index in [1.807, 2.05) is 23.5 Å². The Morgan fingerprint density at radius 1 is 1.05 bits per heavy atom. The van der Waals surface area contributed by atoms with Crippen LogP contribution in [0.3, 0.4) is 0 Å². The first-order valence-electron chi connectivity index (χ1n) is 7.79. The highest BCUT2D eigenvalue weighted by atomic mass is 32.1. The molecule has 1 aromatic carbocycles. The van der Waals surface area contributed by atoms with Crippen LogP contribution < -0.4 is 5.32 Å². The van der Waals surface area contributed by atoms with Gasteiger partial charge in [-0.3, -0.25) is 0 Å². The van der Waals surface area contributed by atoms with E-state index in [4.69, 9.17) is 0 Å². The first kappa shape index (κ1) is 16.2. The lowest BCUT2D eigenvalue weighted by Crippen LogP contribution is -2.20. The minimum Gasteiger partial charge on any atom is -0.305 e. The third-order valence-electron chi connectivity index (χ3n) is 3.71. The Morgan fingerprint density at radius 2 is 1.76 bits per heavy atom. The van der Waals surface area contributed by atoms with E-state index in [2.05, 4.69) is 31.3 Å². The molecule has 0 saturated carbocycles. The van der Waals surface area contributed by atoms with E-state index in [9.17, 15) is 4.39 Å². The number of benzene rings is 1. The SMILES string of the molecule is CCCCC(NCc1ccc(CC)s1)c1ccc(F)cc1. The first-order valence-corrected chi connectivity index (χ1v) is 8.61. The maximum atomic E-state index is 13.1. The second-order valence-corrected chi connectivity index (χ2v) is 6.60. The molecule has 2 rings (SSSR count).